The van der Waals surface area contributed by atoms with Gasteiger partial charge in [-0.2, -0.15) is 0 Å². The van der Waals surface area contributed by atoms with E-state index in [0.717, 1.165) is 18.4 Å². The van der Waals surface area contributed by atoms with E-state index in [2.05, 4.69) is 5.32 Å². The van der Waals surface area contributed by atoms with Crippen molar-refractivity contribution >= 4 is 0 Å². The monoisotopic (exact) mass is 295 g/mol. The van der Waals surface area contributed by atoms with Crippen molar-refractivity contribution in [1.82, 2.24) is 5.32 Å². The molecule has 2 atom stereocenters. The number of nitrogens with one attached hydrogen (secondary N) is 1. The van der Waals surface area contributed by atoms with E-state index in [1.807, 2.05) is 13.0 Å². The summed E-state index contributed by atoms with van der Waals surface area (Å²) in [6.45, 7) is 2.78. The van der Waals surface area contributed by atoms with Crippen LogP contribution < -0.4 is 5.32 Å². The predicted molar refractivity (Wildman–Crippen MR) is 81.6 cm³/mol. The van der Waals surface area contributed by atoms with Gasteiger partial charge in [-0.1, -0.05) is 31.4 Å². The molecule has 2 rings (SSSR count). The zero-order valence-corrected chi connectivity index (χ0v) is 12.7. The van der Waals surface area contributed by atoms with E-state index in [-0.39, 0.29) is 11.9 Å². The van der Waals surface area contributed by atoms with E-state index in [0.29, 0.717) is 19.3 Å². The summed E-state index contributed by atoms with van der Waals surface area (Å²) >= 11 is 0. The fourth-order valence-corrected chi connectivity index (χ4v) is 2.74. The first-order valence-corrected chi connectivity index (χ1v) is 7.93. The second-order valence-electron chi connectivity index (χ2n) is 5.93. The van der Waals surface area contributed by atoms with Crippen molar-refractivity contribution in [2.45, 2.75) is 57.3 Å². The molecule has 0 amide bonds. The number of rotatable bonds is 7. The highest BCUT2D eigenvalue weighted by Gasteiger charge is 2.16. The van der Waals surface area contributed by atoms with Gasteiger partial charge in [0.1, 0.15) is 5.82 Å². The van der Waals surface area contributed by atoms with E-state index in [1.54, 1.807) is 6.07 Å². The lowest BCUT2D eigenvalue weighted by Gasteiger charge is -2.24. The Labute approximate surface area is 126 Å². The van der Waals surface area contributed by atoms with Crippen molar-refractivity contribution in [1.29, 1.82) is 0 Å². The average molecular weight is 295 g/mol. The van der Waals surface area contributed by atoms with Gasteiger partial charge in [-0.15, -0.1) is 0 Å². The molecule has 1 aliphatic rings. The van der Waals surface area contributed by atoms with E-state index < -0.39 is 6.10 Å². The van der Waals surface area contributed by atoms with Crippen LogP contribution in [0.5, 0.6) is 0 Å². The van der Waals surface area contributed by atoms with Crippen molar-refractivity contribution in [3.8, 4) is 0 Å². The smallest absolute Gasteiger partial charge is 0.123 e. The normalized spacial score (nSPS) is 19.4. The Morgan fingerprint density at radius 2 is 2.10 bits per heavy atom. The first kappa shape index (κ1) is 16.4. The summed E-state index contributed by atoms with van der Waals surface area (Å²) in [5.74, 6) is -0.234. The van der Waals surface area contributed by atoms with Crippen LogP contribution in [0, 0.1) is 5.82 Å². The lowest BCUT2D eigenvalue weighted by atomic mass is 9.98. The number of aliphatic hydroxyl groups is 1. The molecule has 2 N–H and O–H groups in total. The van der Waals surface area contributed by atoms with Crippen LogP contribution in [0.3, 0.4) is 0 Å². The highest BCUT2D eigenvalue weighted by Crippen LogP contribution is 2.20. The van der Waals surface area contributed by atoms with Gasteiger partial charge in [-0.3, -0.25) is 0 Å². The summed E-state index contributed by atoms with van der Waals surface area (Å²) in [6.07, 6.45) is 5.78. The van der Waals surface area contributed by atoms with Gasteiger partial charge < -0.3 is 15.2 Å². The summed E-state index contributed by atoms with van der Waals surface area (Å²) in [4.78, 5) is 0. The molecule has 0 heterocycles. The van der Waals surface area contributed by atoms with Crippen LogP contribution in [-0.4, -0.2) is 30.5 Å². The van der Waals surface area contributed by atoms with E-state index in [1.165, 1.54) is 31.4 Å². The molecule has 1 saturated carbocycles. The molecule has 1 aromatic rings. The molecule has 0 aliphatic heterocycles. The van der Waals surface area contributed by atoms with Crippen LogP contribution in [0.4, 0.5) is 4.39 Å². The Hall–Kier alpha value is -0.970. The van der Waals surface area contributed by atoms with Gasteiger partial charge in [0.2, 0.25) is 0 Å². The zero-order chi connectivity index (χ0) is 15.1. The second kappa shape index (κ2) is 8.47. The van der Waals surface area contributed by atoms with Crippen molar-refractivity contribution in [3.63, 3.8) is 0 Å². The Bertz CT molecular complexity index is 421. The summed E-state index contributed by atoms with van der Waals surface area (Å²) in [5.41, 5.74) is 0.885. The first-order valence-electron chi connectivity index (χ1n) is 7.93. The zero-order valence-electron chi connectivity index (χ0n) is 12.7. The summed E-state index contributed by atoms with van der Waals surface area (Å²) in [7, 11) is 0. The number of ether oxygens (including phenoxy) is 1. The van der Waals surface area contributed by atoms with E-state index >= 15 is 0 Å². The first-order chi connectivity index (χ1) is 10.1. The van der Waals surface area contributed by atoms with Crippen molar-refractivity contribution in [3.05, 3.63) is 35.6 Å². The number of halogens is 1. The minimum Gasteiger partial charge on any atom is -0.389 e. The van der Waals surface area contributed by atoms with Gasteiger partial charge in [0.25, 0.3) is 0 Å². The Morgan fingerprint density at radius 3 is 2.81 bits per heavy atom. The molecule has 0 bridgehead atoms. The van der Waals surface area contributed by atoms with Crippen LogP contribution >= 0.6 is 0 Å². The highest BCUT2D eigenvalue weighted by atomic mass is 19.1. The standard InChI is InChI=1S/C17H26FNO2/c1-13(14-6-5-7-15(18)10-14)19-11-16(20)12-21-17-8-3-2-4-9-17/h5-7,10,13,16-17,19-20H,2-4,8-9,11-12H2,1H3. The van der Waals surface area contributed by atoms with Crippen LogP contribution in [-0.2, 0) is 4.74 Å². The molecule has 0 spiro atoms. The molecule has 118 valence electrons. The van der Waals surface area contributed by atoms with Crippen molar-refractivity contribution in [2.24, 2.45) is 0 Å². The van der Waals surface area contributed by atoms with E-state index in [4.69, 9.17) is 4.74 Å². The third-order valence-electron chi connectivity index (χ3n) is 4.08. The molecule has 1 aliphatic carbocycles. The third kappa shape index (κ3) is 5.73. The van der Waals surface area contributed by atoms with Gasteiger partial charge in [-0.05, 0) is 37.5 Å². The van der Waals surface area contributed by atoms with Gasteiger partial charge >= 0.3 is 0 Å². The number of hydrogen-bond donors (Lipinski definition) is 2. The van der Waals surface area contributed by atoms with Crippen molar-refractivity contribution < 1.29 is 14.2 Å². The molecule has 0 saturated heterocycles. The van der Waals surface area contributed by atoms with Gasteiger partial charge in [-0.25, -0.2) is 4.39 Å². The fraction of sp³-hybridized carbons (Fsp3) is 0.647. The molecule has 2 unspecified atom stereocenters. The van der Waals surface area contributed by atoms with Gasteiger partial charge in [0, 0.05) is 12.6 Å². The summed E-state index contributed by atoms with van der Waals surface area (Å²) in [5, 5.41) is 13.2. The molecule has 3 nitrogen and oxygen atoms in total. The van der Waals surface area contributed by atoms with Gasteiger partial charge in [0.05, 0.1) is 18.8 Å². The molecule has 0 aromatic heterocycles. The number of hydrogen-bond acceptors (Lipinski definition) is 3. The van der Waals surface area contributed by atoms with Crippen LogP contribution in [0.1, 0.15) is 50.6 Å². The van der Waals surface area contributed by atoms with E-state index in [9.17, 15) is 9.50 Å². The van der Waals surface area contributed by atoms with Crippen LogP contribution in [0.15, 0.2) is 24.3 Å². The Morgan fingerprint density at radius 1 is 1.33 bits per heavy atom. The maximum Gasteiger partial charge on any atom is 0.123 e. The maximum atomic E-state index is 13.2. The topological polar surface area (TPSA) is 41.5 Å². The van der Waals surface area contributed by atoms with Crippen molar-refractivity contribution in [2.75, 3.05) is 13.2 Å². The molecular weight excluding hydrogens is 269 g/mol. The largest absolute Gasteiger partial charge is 0.389 e. The van der Waals surface area contributed by atoms with Gasteiger partial charge in [0.15, 0.2) is 0 Å². The molecule has 1 aromatic carbocycles. The minimum atomic E-state index is -0.525. The SMILES string of the molecule is CC(NCC(O)COC1CCCCC1)c1cccc(F)c1. The molecule has 1 fully saturated rings. The number of benzene rings is 1. The molecular formula is C17H26FNO2. The average Bonchev–Trinajstić information content (AvgIpc) is 2.51. The fourth-order valence-electron chi connectivity index (χ4n) is 2.74. The second-order valence-corrected chi connectivity index (χ2v) is 5.93. The Balaban J connectivity index is 1.67. The maximum absolute atomic E-state index is 13.2. The molecule has 4 heteroatoms. The van der Waals surface area contributed by atoms with Crippen LogP contribution in [0.25, 0.3) is 0 Å². The quantitative estimate of drug-likeness (QED) is 0.812. The summed E-state index contributed by atoms with van der Waals surface area (Å²) < 4.78 is 18.9. The molecule has 0 radical (unpaired) electrons. The third-order valence-corrected chi connectivity index (χ3v) is 4.08. The molecule has 21 heavy (non-hydrogen) atoms. The van der Waals surface area contributed by atoms with Crippen LogP contribution in [0.2, 0.25) is 0 Å². The lowest BCUT2D eigenvalue weighted by molar-refractivity contribution is -0.0235. The summed E-state index contributed by atoms with van der Waals surface area (Å²) in [6, 6.07) is 6.54. The highest BCUT2D eigenvalue weighted by molar-refractivity contribution is 5.19. The lowest BCUT2D eigenvalue weighted by Crippen LogP contribution is -2.33. The minimum absolute atomic E-state index is 0.00466. The Kier molecular flexibility index (Phi) is 6.61. The predicted octanol–water partition coefficient (Wildman–Crippen LogP) is 3.19. The number of aliphatic hydroxyl groups excluding tert-OH is 1.